The lowest BCUT2D eigenvalue weighted by molar-refractivity contribution is -0.132. The highest BCUT2D eigenvalue weighted by Gasteiger charge is 2.15. The standard InChI is InChI=1S/C17H14ClFO2/c1-11(17(20)21)8-16(12-4-2-6-14(18)9-12)13-5-3-7-15(19)10-13/h2-10,16H,1H3,(H,20,21)/b11-8+. The van der Waals surface area contributed by atoms with Gasteiger partial charge in [0.1, 0.15) is 5.82 Å². The molecule has 21 heavy (non-hydrogen) atoms. The summed E-state index contributed by atoms with van der Waals surface area (Å²) in [5, 5.41) is 9.62. The van der Waals surface area contributed by atoms with Crippen LogP contribution in [0.15, 0.2) is 60.2 Å². The van der Waals surface area contributed by atoms with E-state index in [0.717, 1.165) is 5.56 Å². The quantitative estimate of drug-likeness (QED) is 0.835. The Morgan fingerprint density at radius 3 is 2.38 bits per heavy atom. The van der Waals surface area contributed by atoms with Crippen molar-refractivity contribution in [2.75, 3.05) is 0 Å². The highest BCUT2D eigenvalue weighted by Crippen LogP contribution is 2.29. The maximum absolute atomic E-state index is 13.5. The van der Waals surface area contributed by atoms with Crippen LogP contribution in [0.1, 0.15) is 24.0 Å². The number of carboxylic acid groups (broad SMARTS) is 1. The summed E-state index contributed by atoms with van der Waals surface area (Å²) in [6.45, 7) is 1.51. The second-order valence-electron chi connectivity index (χ2n) is 4.74. The average Bonchev–Trinajstić information content (AvgIpc) is 2.44. The highest BCUT2D eigenvalue weighted by molar-refractivity contribution is 6.30. The molecule has 2 aromatic carbocycles. The van der Waals surface area contributed by atoms with Gasteiger partial charge in [0.2, 0.25) is 0 Å². The van der Waals surface area contributed by atoms with Gasteiger partial charge in [0.25, 0.3) is 0 Å². The van der Waals surface area contributed by atoms with Gasteiger partial charge in [-0.05, 0) is 42.3 Å². The fraction of sp³-hybridized carbons (Fsp3) is 0.118. The van der Waals surface area contributed by atoms with Crippen LogP contribution in [0, 0.1) is 5.82 Å². The van der Waals surface area contributed by atoms with E-state index in [0.29, 0.717) is 10.6 Å². The third-order valence-corrected chi connectivity index (χ3v) is 3.40. The zero-order valence-corrected chi connectivity index (χ0v) is 12.1. The van der Waals surface area contributed by atoms with Crippen LogP contribution in [0.25, 0.3) is 0 Å². The van der Waals surface area contributed by atoms with E-state index in [1.165, 1.54) is 19.1 Å². The molecule has 0 bridgehead atoms. The molecule has 2 rings (SSSR count). The zero-order chi connectivity index (χ0) is 15.4. The van der Waals surface area contributed by atoms with Gasteiger partial charge in [-0.2, -0.15) is 0 Å². The molecule has 0 spiro atoms. The van der Waals surface area contributed by atoms with Crippen LogP contribution >= 0.6 is 11.6 Å². The first-order chi connectivity index (χ1) is 9.97. The Morgan fingerprint density at radius 2 is 1.81 bits per heavy atom. The molecule has 0 amide bonds. The number of carbonyl (C=O) groups is 1. The Kier molecular flexibility index (Phi) is 4.76. The fourth-order valence-electron chi connectivity index (χ4n) is 2.11. The Balaban J connectivity index is 2.54. The van der Waals surface area contributed by atoms with E-state index in [9.17, 15) is 9.18 Å². The van der Waals surface area contributed by atoms with Crippen molar-refractivity contribution in [2.45, 2.75) is 12.8 Å². The summed E-state index contributed by atoms with van der Waals surface area (Å²) >= 11 is 6.00. The van der Waals surface area contributed by atoms with Gasteiger partial charge < -0.3 is 5.11 Å². The number of hydrogen-bond donors (Lipinski definition) is 1. The van der Waals surface area contributed by atoms with Crippen LogP contribution in [-0.2, 0) is 4.79 Å². The number of carboxylic acids is 1. The molecule has 0 aliphatic carbocycles. The normalized spacial score (nSPS) is 13.0. The number of hydrogen-bond acceptors (Lipinski definition) is 1. The number of benzene rings is 2. The fourth-order valence-corrected chi connectivity index (χ4v) is 2.30. The van der Waals surface area contributed by atoms with Gasteiger partial charge in [0, 0.05) is 16.5 Å². The molecule has 0 fully saturated rings. The van der Waals surface area contributed by atoms with Crippen LogP contribution < -0.4 is 0 Å². The van der Waals surface area contributed by atoms with Crippen LogP contribution in [0.3, 0.4) is 0 Å². The molecule has 2 nitrogen and oxygen atoms in total. The van der Waals surface area contributed by atoms with Crippen molar-refractivity contribution < 1.29 is 14.3 Å². The molecule has 0 saturated carbocycles. The summed E-state index contributed by atoms with van der Waals surface area (Å²) in [5.74, 6) is -1.73. The smallest absolute Gasteiger partial charge is 0.330 e. The molecular formula is C17H14ClFO2. The van der Waals surface area contributed by atoms with E-state index in [4.69, 9.17) is 16.7 Å². The van der Waals surface area contributed by atoms with Crippen molar-refractivity contribution in [1.82, 2.24) is 0 Å². The molecule has 2 aromatic rings. The van der Waals surface area contributed by atoms with Crippen molar-refractivity contribution in [3.05, 3.63) is 82.1 Å². The van der Waals surface area contributed by atoms with Gasteiger partial charge >= 0.3 is 5.97 Å². The third-order valence-electron chi connectivity index (χ3n) is 3.17. The molecule has 1 atom stereocenters. The second kappa shape index (κ2) is 6.55. The number of aliphatic carboxylic acids is 1. The minimum atomic E-state index is -1.00. The van der Waals surface area contributed by atoms with Crippen molar-refractivity contribution in [2.24, 2.45) is 0 Å². The van der Waals surface area contributed by atoms with E-state index >= 15 is 0 Å². The molecule has 1 unspecified atom stereocenters. The van der Waals surface area contributed by atoms with E-state index < -0.39 is 5.97 Å². The van der Waals surface area contributed by atoms with Crippen LogP contribution in [-0.4, -0.2) is 11.1 Å². The van der Waals surface area contributed by atoms with E-state index in [-0.39, 0.29) is 17.3 Å². The van der Waals surface area contributed by atoms with Gasteiger partial charge in [-0.15, -0.1) is 0 Å². The second-order valence-corrected chi connectivity index (χ2v) is 5.18. The number of rotatable bonds is 4. The number of halogens is 2. The van der Waals surface area contributed by atoms with Crippen LogP contribution in [0.2, 0.25) is 5.02 Å². The lowest BCUT2D eigenvalue weighted by atomic mass is 9.89. The molecule has 0 aliphatic rings. The van der Waals surface area contributed by atoms with Gasteiger partial charge in [-0.3, -0.25) is 0 Å². The maximum Gasteiger partial charge on any atom is 0.330 e. The van der Waals surface area contributed by atoms with Crippen LogP contribution in [0.5, 0.6) is 0 Å². The lowest BCUT2D eigenvalue weighted by Crippen LogP contribution is -2.03. The molecule has 0 aliphatic heterocycles. The predicted molar refractivity (Wildman–Crippen MR) is 81.1 cm³/mol. The molecule has 0 saturated heterocycles. The highest BCUT2D eigenvalue weighted by atomic mass is 35.5. The first-order valence-electron chi connectivity index (χ1n) is 6.40. The molecular weight excluding hydrogens is 291 g/mol. The van der Waals surface area contributed by atoms with Gasteiger partial charge in [0.15, 0.2) is 0 Å². The Hall–Kier alpha value is -2.13. The van der Waals surface area contributed by atoms with Crippen molar-refractivity contribution in [1.29, 1.82) is 0 Å². The van der Waals surface area contributed by atoms with Gasteiger partial charge in [-0.1, -0.05) is 41.9 Å². The third kappa shape index (κ3) is 3.92. The van der Waals surface area contributed by atoms with E-state index in [1.54, 1.807) is 36.4 Å². The number of allylic oxidation sites excluding steroid dienone is 1. The maximum atomic E-state index is 13.5. The Labute approximate surface area is 127 Å². The van der Waals surface area contributed by atoms with Gasteiger partial charge in [0.05, 0.1) is 0 Å². The molecule has 0 aromatic heterocycles. The molecule has 4 heteroatoms. The van der Waals surface area contributed by atoms with Crippen molar-refractivity contribution in [3.63, 3.8) is 0 Å². The minimum absolute atomic E-state index is 0.198. The monoisotopic (exact) mass is 304 g/mol. The van der Waals surface area contributed by atoms with E-state index in [1.807, 2.05) is 6.07 Å². The summed E-state index contributed by atoms with van der Waals surface area (Å²) in [5.41, 5.74) is 1.69. The van der Waals surface area contributed by atoms with E-state index in [2.05, 4.69) is 0 Å². The Morgan fingerprint density at radius 1 is 1.19 bits per heavy atom. The minimum Gasteiger partial charge on any atom is -0.478 e. The predicted octanol–water partition coefficient (Wildman–Crippen LogP) is 4.64. The zero-order valence-electron chi connectivity index (χ0n) is 11.4. The van der Waals surface area contributed by atoms with Gasteiger partial charge in [-0.25, -0.2) is 9.18 Å². The SMILES string of the molecule is C/C(=C\C(c1cccc(F)c1)c1cccc(Cl)c1)C(=O)O. The van der Waals surface area contributed by atoms with Crippen molar-refractivity contribution >= 4 is 17.6 Å². The summed E-state index contributed by atoms with van der Waals surface area (Å²) < 4.78 is 13.5. The molecule has 1 N–H and O–H groups in total. The first kappa shape index (κ1) is 15.3. The molecule has 0 radical (unpaired) electrons. The first-order valence-corrected chi connectivity index (χ1v) is 6.78. The summed E-state index contributed by atoms with van der Waals surface area (Å²) in [4.78, 5) is 11.1. The van der Waals surface area contributed by atoms with Crippen LogP contribution in [0.4, 0.5) is 4.39 Å². The molecule has 108 valence electrons. The lowest BCUT2D eigenvalue weighted by Gasteiger charge is -2.15. The largest absolute Gasteiger partial charge is 0.478 e. The van der Waals surface area contributed by atoms with Crippen molar-refractivity contribution in [3.8, 4) is 0 Å². The summed E-state index contributed by atoms with van der Waals surface area (Å²) in [7, 11) is 0. The summed E-state index contributed by atoms with van der Waals surface area (Å²) in [6.07, 6.45) is 1.60. The average molecular weight is 305 g/mol. The Bertz CT molecular complexity index is 649. The molecule has 0 heterocycles. The summed E-state index contributed by atoms with van der Waals surface area (Å²) in [6, 6.07) is 13.2. The topological polar surface area (TPSA) is 37.3 Å².